The third kappa shape index (κ3) is 6.42. The van der Waals surface area contributed by atoms with E-state index >= 15 is 0 Å². The zero-order chi connectivity index (χ0) is 8.53. The van der Waals surface area contributed by atoms with Gasteiger partial charge < -0.3 is 4.81 Å². The Balaban J connectivity index is 3.25. The summed E-state index contributed by atoms with van der Waals surface area (Å²) < 4.78 is 0. The van der Waals surface area contributed by atoms with E-state index in [-0.39, 0.29) is 0 Å². The maximum Gasteiger partial charge on any atom is 0.205 e. The maximum absolute atomic E-state index is 2.42. The molecule has 0 amide bonds. The summed E-state index contributed by atoms with van der Waals surface area (Å²) in [5.74, 6) is 0. The largest absolute Gasteiger partial charge is 0.347 e. The number of hydrogen-bond acceptors (Lipinski definition) is 1. The fraction of sp³-hybridized carbons (Fsp3) is 1.00. The van der Waals surface area contributed by atoms with Gasteiger partial charge in [-0.05, 0) is 25.9 Å². The monoisotopic (exact) mass is 154 g/mol. The fourth-order valence-electron chi connectivity index (χ4n) is 1.09. The van der Waals surface area contributed by atoms with Crippen molar-refractivity contribution in [2.75, 3.05) is 13.1 Å². The van der Waals surface area contributed by atoms with Crippen molar-refractivity contribution in [3.8, 4) is 0 Å². The molecule has 0 heterocycles. The van der Waals surface area contributed by atoms with Crippen LogP contribution in [0.4, 0.5) is 0 Å². The molecular weight excluding hydrogens is 133 g/mol. The van der Waals surface area contributed by atoms with Crippen LogP contribution in [0, 0.1) is 0 Å². The molecule has 0 rings (SSSR count). The lowest BCUT2D eigenvalue weighted by molar-refractivity contribution is 0.421. The van der Waals surface area contributed by atoms with E-state index in [1.807, 2.05) is 0 Å². The molecule has 0 aliphatic carbocycles. The second-order valence-electron chi connectivity index (χ2n) is 3.00. The van der Waals surface area contributed by atoms with Gasteiger partial charge in [-0.25, -0.2) is 0 Å². The molecule has 0 aromatic rings. The van der Waals surface area contributed by atoms with Crippen molar-refractivity contribution < 1.29 is 0 Å². The number of nitrogens with zero attached hydrogens (tertiary/aromatic N) is 1. The molecule has 0 unspecified atom stereocenters. The van der Waals surface area contributed by atoms with Gasteiger partial charge in [-0.15, -0.1) is 0 Å². The summed E-state index contributed by atoms with van der Waals surface area (Å²) in [5.41, 5.74) is 0. The standard InChI is InChI=1S/C9H21BN/c1-4-6-8-11(10-3)9-7-5-2/h4-9H2,1-3H3. The average Bonchev–Trinajstić information content (AvgIpc) is 2.05. The van der Waals surface area contributed by atoms with E-state index < -0.39 is 0 Å². The molecule has 0 saturated heterocycles. The first-order chi connectivity index (χ1) is 5.35. The topological polar surface area (TPSA) is 3.24 Å². The molecule has 0 aromatic heterocycles. The van der Waals surface area contributed by atoms with Crippen LogP contribution in [-0.2, 0) is 0 Å². The van der Waals surface area contributed by atoms with Gasteiger partial charge in [0.2, 0.25) is 7.41 Å². The van der Waals surface area contributed by atoms with Crippen molar-refractivity contribution in [1.29, 1.82) is 0 Å². The minimum atomic E-state index is 1.24. The zero-order valence-corrected chi connectivity index (χ0v) is 8.27. The second kappa shape index (κ2) is 8.12. The smallest absolute Gasteiger partial charge is 0.205 e. The van der Waals surface area contributed by atoms with Gasteiger partial charge in [-0.3, -0.25) is 0 Å². The van der Waals surface area contributed by atoms with Crippen LogP contribution in [-0.4, -0.2) is 25.3 Å². The van der Waals surface area contributed by atoms with Crippen molar-refractivity contribution in [3.05, 3.63) is 0 Å². The van der Waals surface area contributed by atoms with Crippen LogP contribution in [0.25, 0.3) is 0 Å². The molecule has 1 radical (unpaired) electrons. The van der Waals surface area contributed by atoms with E-state index in [1.165, 1.54) is 38.8 Å². The lowest BCUT2D eigenvalue weighted by Crippen LogP contribution is -2.28. The number of rotatable bonds is 7. The van der Waals surface area contributed by atoms with Crippen LogP contribution in [0.5, 0.6) is 0 Å². The molecule has 0 saturated carbocycles. The van der Waals surface area contributed by atoms with Crippen LogP contribution in [0.1, 0.15) is 39.5 Å². The third-order valence-corrected chi connectivity index (χ3v) is 1.96. The van der Waals surface area contributed by atoms with Gasteiger partial charge in [-0.1, -0.05) is 33.5 Å². The van der Waals surface area contributed by atoms with Gasteiger partial charge in [0.05, 0.1) is 0 Å². The summed E-state index contributed by atoms with van der Waals surface area (Å²) in [6, 6.07) is 0. The molecule has 0 spiro atoms. The first-order valence-electron chi connectivity index (χ1n) is 4.88. The Kier molecular flexibility index (Phi) is 8.14. The molecule has 0 bridgehead atoms. The predicted molar refractivity (Wildman–Crippen MR) is 53.0 cm³/mol. The molecule has 0 atom stereocenters. The summed E-state index contributed by atoms with van der Waals surface area (Å²) in [6.07, 6.45) is 5.26. The van der Waals surface area contributed by atoms with Gasteiger partial charge in [0.15, 0.2) is 0 Å². The molecule has 0 N–H and O–H groups in total. The second-order valence-corrected chi connectivity index (χ2v) is 3.00. The highest BCUT2D eigenvalue weighted by molar-refractivity contribution is 6.29. The molecule has 2 heteroatoms. The van der Waals surface area contributed by atoms with E-state index in [0.29, 0.717) is 0 Å². The van der Waals surface area contributed by atoms with Gasteiger partial charge in [0, 0.05) is 0 Å². The quantitative estimate of drug-likeness (QED) is 0.509. The Labute approximate surface area is 72.4 Å². The summed E-state index contributed by atoms with van der Waals surface area (Å²) in [7, 11) is 2.21. The summed E-state index contributed by atoms with van der Waals surface area (Å²) in [6.45, 7) is 9.10. The zero-order valence-electron chi connectivity index (χ0n) is 8.27. The summed E-state index contributed by atoms with van der Waals surface area (Å²) in [5, 5.41) is 0. The SMILES string of the molecule is C[B]N(CCCC)CCCC. The molecule has 65 valence electrons. The van der Waals surface area contributed by atoms with E-state index in [9.17, 15) is 0 Å². The Morgan fingerprint density at radius 2 is 1.45 bits per heavy atom. The van der Waals surface area contributed by atoms with Crippen LogP contribution in [0.2, 0.25) is 6.82 Å². The lowest BCUT2D eigenvalue weighted by Gasteiger charge is -2.18. The molecule has 1 nitrogen and oxygen atoms in total. The molecule has 0 aliphatic heterocycles. The Morgan fingerprint density at radius 1 is 1.00 bits per heavy atom. The summed E-state index contributed by atoms with van der Waals surface area (Å²) >= 11 is 0. The highest BCUT2D eigenvalue weighted by atomic mass is 15.0. The van der Waals surface area contributed by atoms with E-state index in [1.54, 1.807) is 0 Å². The van der Waals surface area contributed by atoms with Crippen molar-refractivity contribution in [3.63, 3.8) is 0 Å². The average molecular weight is 154 g/mol. The van der Waals surface area contributed by atoms with Gasteiger partial charge >= 0.3 is 0 Å². The van der Waals surface area contributed by atoms with Crippen molar-refractivity contribution in [2.45, 2.75) is 46.4 Å². The predicted octanol–water partition coefficient (Wildman–Crippen LogP) is 2.56. The minimum Gasteiger partial charge on any atom is -0.347 e. The first-order valence-corrected chi connectivity index (χ1v) is 4.88. The fourth-order valence-corrected chi connectivity index (χ4v) is 1.09. The van der Waals surface area contributed by atoms with Crippen molar-refractivity contribution in [2.24, 2.45) is 0 Å². The minimum absolute atomic E-state index is 1.24. The maximum atomic E-state index is 2.42. The summed E-state index contributed by atoms with van der Waals surface area (Å²) in [4.78, 5) is 2.42. The van der Waals surface area contributed by atoms with Crippen molar-refractivity contribution in [1.82, 2.24) is 4.81 Å². The van der Waals surface area contributed by atoms with Gasteiger partial charge in [0.25, 0.3) is 0 Å². The Morgan fingerprint density at radius 3 is 1.73 bits per heavy atom. The normalized spacial score (nSPS) is 10.5. The first kappa shape index (κ1) is 11.0. The third-order valence-electron chi connectivity index (χ3n) is 1.96. The van der Waals surface area contributed by atoms with Crippen LogP contribution < -0.4 is 0 Å². The Bertz CT molecular complexity index is 68.0. The number of hydrogen-bond donors (Lipinski definition) is 0. The molecule has 0 aliphatic rings. The molecule has 0 aromatic carbocycles. The van der Waals surface area contributed by atoms with Crippen LogP contribution in [0.3, 0.4) is 0 Å². The van der Waals surface area contributed by atoms with E-state index in [2.05, 4.69) is 32.9 Å². The van der Waals surface area contributed by atoms with Crippen LogP contribution in [0.15, 0.2) is 0 Å². The van der Waals surface area contributed by atoms with Crippen LogP contribution >= 0.6 is 0 Å². The Hall–Kier alpha value is 0.0249. The van der Waals surface area contributed by atoms with Crippen molar-refractivity contribution >= 4 is 7.41 Å². The highest BCUT2D eigenvalue weighted by Gasteiger charge is 1.99. The number of unbranched alkanes of at least 4 members (excludes halogenated alkanes) is 2. The molecule has 11 heavy (non-hydrogen) atoms. The van der Waals surface area contributed by atoms with E-state index in [4.69, 9.17) is 0 Å². The molecular formula is C9H21BN. The van der Waals surface area contributed by atoms with Gasteiger partial charge in [-0.2, -0.15) is 0 Å². The molecule has 0 fully saturated rings. The van der Waals surface area contributed by atoms with E-state index in [0.717, 1.165) is 0 Å². The van der Waals surface area contributed by atoms with Gasteiger partial charge in [0.1, 0.15) is 0 Å². The highest BCUT2D eigenvalue weighted by Crippen LogP contribution is 1.96. The lowest BCUT2D eigenvalue weighted by atomic mass is 9.94.